The summed E-state index contributed by atoms with van der Waals surface area (Å²) in [5, 5.41) is 9.28. The van der Waals surface area contributed by atoms with Gasteiger partial charge < -0.3 is 10.0 Å². The number of carboxylic acids is 1. The van der Waals surface area contributed by atoms with Gasteiger partial charge in [0, 0.05) is 25.2 Å². The van der Waals surface area contributed by atoms with Crippen LogP contribution in [0.25, 0.3) is 0 Å². The van der Waals surface area contributed by atoms with Crippen molar-refractivity contribution in [2.24, 2.45) is 11.3 Å². The average molecular weight is 366 g/mol. The van der Waals surface area contributed by atoms with Crippen molar-refractivity contribution < 1.29 is 23.1 Å². The van der Waals surface area contributed by atoms with E-state index in [1.165, 1.54) is 23.1 Å². The molecular weight excluding hydrogens is 344 g/mol. The molecule has 0 spiro atoms. The van der Waals surface area contributed by atoms with Gasteiger partial charge in [-0.2, -0.15) is 0 Å². The van der Waals surface area contributed by atoms with Gasteiger partial charge in [-0.15, -0.1) is 0 Å². The second-order valence-electron chi connectivity index (χ2n) is 7.17. The minimum Gasteiger partial charge on any atom is -0.481 e. The van der Waals surface area contributed by atoms with Crippen molar-refractivity contribution in [3.05, 3.63) is 29.8 Å². The van der Waals surface area contributed by atoms with Gasteiger partial charge in [0.15, 0.2) is 0 Å². The molecule has 0 radical (unpaired) electrons. The maximum absolute atomic E-state index is 12.6. The fourth-order valence-corrected chi connectivity index (χ4v) is 4.08. The molecule has 1 amide bonds. The van der Waals surface area contributed by atoms with Crippen LogP contribution in [-0.2, 0) is 14.8 Å². The van der Waals surface area contributed by atoms with E-state index in [4.69, 9.17) is 0 Å². The Labute approximate surface area is 147 Å². The molecular formula is C17H22N2O5S. The van der Waals surface area contributed by atoms with Crippen molar-refractivity contribution in [2.45, 2.75) is 31.1 Å². The Kier molecular flexibility index (Phi) is 4.59. The molecule has 136 valence electrons. The number of carbonyl (C=O) groups excluding carboxylic acids is 1. The van der Waals surface area contributed by atoms with Crippen LogP contribution in [0.15, 0.2) is 29.2 Å². The number of nitrogens with zero attached hydrogens (tertiary/aromatic N) is 1. The number of carbonyl (C=O) groups is 2. The first-order chi connectivity index (χ1) is 11.7. The molecule has 1 saturated carbocycles. The molecule has 2 aliphatic rings. The molecule has 1 atom stereocenters. The molecule has 1 unspecified atom stereocenters. The molecule has 1 heterocycles. The number of carboxylic acid groups (broad SMARTS) is 1. The van der Waals surface area contributed by atoms with Gasteiger partial charge in [-0.05, 0) is 50.3 Å². The first-order valence-corrected chi connectivity index (χ1v) is 9.82. The third-order valence-electron chi connectivity index (χ3n) is 4.93. The van der Waals surface area contributed by atoms with Gasteiger partial charge >= 0.3 is 5.97 Å². The molecule has 2 N–H and O–H groups in total. The summed E-state index contributed by atoms with van der Waals surface area (Å²) in [6, 6.07) is 5.90. The molecule has 2 fully saturated rings. The minimum atomic E-state index is -3.65. The standard InChI is InChI=1S/C17H22N2O5S/c1-17(16(21)22)7-8-19(11-17)15(20)13-3-2-4-14(9-13)25(23,24)18-10-12-5-6-12/h2-4,9,12,18H,5-8,10-11H2,1H3,(H,21,22). The summed E-state index contributed by atoms with van der Waals surface area (Å²) in [7, 11) is -3.65. The highest BCUT2D eigenvalue weighted by atomic mass is 32.2. The third kappa shape index (κ3) is 3.85. The number of nitrogens with one attached hydrogen (secondary N) is 1. The normalized spacial score (nSPS) is 23.6. The average Bonchev–Trinajstić information content (AvgIpc) is 3.33. The number of aliphatic carboxylic acids is 1. The predicted octanol–water partition coefficient (Wildman–Crippen LogP) is 1.31. The van der Waals surface area contributed by atoms with Crippen LogP contribution in [0.4, 0.5) is 0 Å². The lowest BCUT2D eigenvalue weighted by Gasteiger charge is -2.20. The van der Waals surface area contributed by atoms with Gasteiger partial charge in [0.25, 0.3) is 5.91 Å². The van der Waals surface area contributed by atoms with Crippen molar-refractivity contribution in [2.75, 3.05) is 19.6 Å². The summed E-state index contributed by atoms with van der Waals surface area (Å²) in [5.41, 5.74) is -0.700. The van der Waals surface area contributed by atoms with Gasteiger partial charge in [0.05, 0.1) is 10.3 Å². The zero-order valence-electron chi connectivity index (χ0n) is 14.1. The largest absolute Gasteiger partial charge is 0.481 e. The summed E-state index contributed by atoms with van der Waals surface area (Å²) in [4.78, 5) is 25.5. The molecule has 1 aromatic carbocycles. The Morgan fingerprint density at radius 1 is 1.36 bits per heavy atom. The summed E-state index contributed by atoms with van der Waals surface area (Å²) in [6.45, 7) is 2.51. The zero-order chi connectivity index (χ0) is 18.2. The van der Waals surface area contributed by atoms with E-state index in [2.05, 4.69) is 4.72 Å². The van der Waals surface area contributed by atoms with Crippen molar-refractivity contribution in [1.82, 2.24) is 9.62 Å². The number of likely N-dealkylation sites (tertiary alicyclic amines) is 1. The molecule has 1 aliphatic heterocycles. The van der Waals surface area contributed by atoms with E-state index in [0.29, 0.717) is 25.4 Å². The molecule has 0 aromatic heterocycles. The van der Waals surface area contributed by atoms with Crippen LogP contribution in [0.1, 0.15) is 36.5 Å². The molecule has 3 rings (SSSR count). The highest BCUT2D eigenvalue weighted by molar-refractivity contribution is 7.89. The zero-order valence-corrected chi connectivity index (χ0v) is 14.9. The van der Waals surface area contributed by atoms with E-state index >= 15 is 0 Å². The van der Waals surface area contributed by atoms with E-state index in [0.717, 1.165) is 12.8 Å². The Morgan fingerprint density at radius 3 is 2.68 bits per heavy atom. The summed E-state index contributed by atoms with van der Waals surface area (Å²) < 4.78 is 27.2. The van der Waals surface area contributed by atoms with Crippen LogP contribution in [-0.4, -0.2) is 49.9 Å². The minimum absolute atomic E-state index is 0.0548. The first kappa shape index (κ1) is 17.9. The van der Waals surface area contributed by atoms with Gasteiger partial charge in [0.1, 0.15) is 0 Å². The van der Waals surface area contributed by atoms with E-state index in [1.807, 2.05) is 0 Å². The Hall–Kier alpha value is -1.93. The summed E-state index contributed by atoms with van der Waals surface area (Å²) in [5.74, 6) is -0.856. The Balaban J connectivity index is 1.75. The maximum Gasteiger partial charge on any atom is 0.311 e. The van der Waals surface area contributed by atoms with Crippen LogP contribution in [0.2, 0.25) is 0 Å². The number of hydrogen-bond donors (Lipinski definition) is 2. The van der Waals surface area contributed by atoms with Gasteiger partial charge in [-0.25, -0.2) is 13.1 Å². The molecule has 0 bridgehead atoms. The predicted molar refractivity (Wildman–Crippen MR) is 90.6 cm³/mol. The number of sulfonamides is 1. The second-order valence-corrected chi connectivity index (χ2v) is 8.93. The van der Waals surface area contributed by atoms with E-state index in [1.54, 1.807) is 13.0 Å². The fraction of sp³-hybridized carbons (Fsp3) is 0.529. The quantitative estimate of drug-likeness (QED) is 0.790. The van der Waals surface area contributed by atoms with Crippen molar-refractivity contribution >= 4 is 21.9 Å². The van der Waals surface area contributed by atoms with E-state index in [9.17, 15) is 23.1 Å². The van der Waals surface area contributed by atoms with Crippen LogP contribution >= 0.6 is 0 Å². The fourth-order valence-electron chi connectivity index (χ4n) is 2.92. The number of benzene rings is 1. The van der Waals surface area contributed by atoms with Gasteiger partial charge in [-0.1, -0.05) is 6.07 Å². The number of amides is 1. The monoisotopic (exact) mass is 366 g/mol. The maximum atomic E-state index is 12.6. The van der Waals surface area contributed by atoms with Crippen LogP contribution in [0.3, 0.4) is 0 Å². The molecule has 8 heteroatoms. The summed E-state index contributed by atoms with van der Waals surface area (Å²) >= 11 is 0. The Morgan fingerprint density at radius 2 is 2.08 bits per heavy atom. The lowest BCUT2D eigenvalue weighted by Crippen LogP contribution is -2.35. The lowest BCUT2D eigenvalue weighted by atomic mass is 9.90. The number of rotatable bonds is 6. The van der Waals surface area contributed by atoms with Gasteiger partial charge in [-0.3, -0.25) is 9.59 Å². The highest BCUT2D eigenvalue weighted by Gasteiger charge is 2.42. The van der Waals surface area contributed by atoms with Crippen LogP contribution in [0, 0.1) is 11.3 Å². The third-order valence-corrected chi connectivity index (χ3v) is 6.35. The first-order valence-electron chi connectivity index (χ1n) is 8.34. The SMILES string of the molecule is CC1(C(=O)O)CCN(C(=O)c2cccc(S(=O)(=O)NCC3CC3)c2)C1. The van der Waals surface area contributed by atoms with Crippen molar-refractivity contribution in [3.8, 4) is 0 Å². The van der Waals surface area contributed by atoms with E-state index in [-0.39, 0.29) is 22.9 Å². The molecule has 1 saturated heterocycles. The van der Waals surface area contributed by atoms with Crippen LogP contribution < -0.4 is 4.72 Å². The molecule has 1 aromatic rings. The number of hydrogen-bond acceptors (Lipinski definition) is 4. The lowest BCUT2D eigenvalue weighted by molar-refractivity contribution is -0.147. The summed E-state index contributed by atoms with van der Waals surface area (Å²) in [6.07, 6.45) is 2.46. The molecule has 25 heavy (non-hydrogen) atoms. The second kappa shape index (κ2) is 6.42. The van der Waals surface area contributed by atoms with E-state index < -0.39 is 21.4 Å². The highest BCUT2D eigenvalue weighted by Crippen LogP contribution is 2.31. The molecule has 1 aliphatic carbocycles. The van der Waals surface area contributed by atoms with Crippen LogP contribution in [0.5, 0.6) is 0 Å². The molecule has 7 nitrogen and oxygen atoms in total. The topological polar surface area (TPSA) is 104 Å². The van der Waals surface area contributed by atoms with Crippen molar-refractivity contribution in [3.63, 3.8) is 0 Å². The Bertz CT molecular complexity index is 803. The smallest absolute Gasteiger partial charge is 0.311 e. The van der Waals surface area contributed by atoms with Gasteiger partial charge in [0.2, 0.25) is 10.0 Å². The van der Waals surface area contributed by atoms with Crippen molar-refractivity contribution in [1.29, 1.82) is 0 Å².